The van der Waals surface area contributed by atoms with Crippen molar-refractivity contribution in [2.75, 3.05) is 5.32 Å². The Labute approximate surface area is 94.7 Å². The molecule has 0 fully saturated rings. The average Bonchev–Trinajstić information content (AvgIpc) is 2.25. The molecule has 0 radical (unpaired) electrons. The van der Waals surface area contributed by atoms with E-state index in [4.69, 9.17) is 11.6 Å². The first-order chi connectivity index (χ1) is 7.25. The van der Waals surface area contributed by atoms with Crippen LogP contribution >= 0.6 is 11.6 Å². The number of rotatable bonds is 2. The van der Waals surface area contributed by atoms with Gasteiger partial charge in [-0.2, -0.15) is 0 Å². The van der Waals surface area contributed by atoms with Gasteiger partial charge in [0.25, 0.3) is 0 Å². The maximum Gasteiger partial charge on any atom is 0.0413 e. The highest BCUT2D eigenvalue weighted by atomic mass is 35.5. The number of para-hydroxylation sites is 1. The predicted molar refractivity (Wildman–Crippen MR) is 65.9 cm³/mol. The summed E-state index contributed by atoms with van der Waals surface area (Å²) in [6.45, 7) is 2.08. The lowest BCUT2D eigenvalue weighted by Crippen LogP contribution is -1.91. The Balaban J connectivity index is 2.22. The number of nitrogens with one attached hydrogen (secondary N) is 1. The second kappa shape index (κ2) is 4.37. The lowest BCUT2D eigenvalue weighted by molar-refractivity contribution is 1.43. The minimum Gasteiger partial charge on any atom is -0.355 e. The van der Waals surface area contributed by atoms with E-state index in [9.17, 15) is 0 Å². The molecule has 2 aromatic rings. The number of halogens is 1. The Morgan fingerprint density at radius 1 is 0.933 bits per heavy atom. The van der Waals surface area contributed by atoms with Crippen molar-refractivity contribution in [3.63, 3.8) is 0 Å². The lowest BCUT2D eigenvalue weighted by Gasteiger charge is -2.08. The van der Waals surface area contributed by atoms with Crippen LogP contribution in [0.4, 0.5) is 11.4 Å². The minimum absolute atomic E-state index is 0.755. The van der Waals surface area contributed by atoms with Crippen molar-refractivity contribution in [3.8, 4) is 0 Å². The maximum absolute atomic E-state index is 5.82. The molecule has 0 aromatic heterocycles. The van der Waals surface area contributed by atoms with Gasteiger partial charge in [0.2, 0.25) is 0 Å². The fourth-order valence-corrected chi connectivity index (χ4v) is 1.53. The van der Waals surface area contributed by atoms with Gasteiger partial charge in [-0.05, 0) is 42.8 Å². The molecular weight excluding hydrogens is 206 g/mol. The molecule has 0 spiro atoms. The van der Waals surface area contributed by atoms with Crippen LogP contribution in [0.3, 0.4) is 0 Å². The highest BCUT2D eigenvalue weighted by Crippen LogP contribution is 2.21. The van der Waals surface area contributed by atoms with Crippen molar-refractivity contribution in [2.45, 2.75) is 6.92 Å². The molecule has 76 valence electrons. The van der Waals surface area contributed by atoms with Crippen LogP contribution in [0.5, 0.6) is 0 Å². The topological polar surface area (TPSA) is 12.0 Å². The molecule has 0 aliphatic rings. The molecule has 0 amide bonds. The molecule has 0 saturated carbocycles. The summed E-state index contributed by atoms with van der Waals surface area (Å²) in [4.78, 5) is 0. The molecule has 2 aromatic carbocycles. The summed E-state index contributed by atoms with van der Waals surface area (Å²) in [5.41, 5.74) is 3.40. The molecule has 0 atom stereocenters. The summed E-state index contributed by atoms with van der Waals surface area (Å²) < 4.78 is 0. The number of anilines is 2. The first kappa shape index (κ1) is 10.1. The molecule has 0 heterocycles. The smallest absolute Gasteiger partial charge is 0.0413 e. The van der Waals surface area contributed by atoms with Crippen molar-refractivity contribution in [1.29, 1.82) is 0 Å². The van der Waals surface area contributed by atoms with Crippen LogP contribution in [0, 0.1) is 6.92 Å². The molecule has 0 aliphatic heterocycles. The number of hydrogen-bond donors (Lipinski definition) is 1. The predicted octanol–water partition coefficient (Wildman–Crippen LogP) is 4.39. The Hall–Kier alpha value is -1.47. The summed E-state index contributed by atoms with van der Waals surface area (Å²) >= 11 is 5.82. The molecule has 1 nitrogen and oxygen atoms in total. The first-order valence-electron chi connectivity index (χ1n) is 4.84. The van der Waals surface area contributed by atoms with E-state index in [0.29, 0.717) is 0 Å². The Morgan fingerprint density at radius 3 is 2.27 bits per heavy atom. The molecule has 0 saturated heterocycles. The molecule has 15 heavy (non-hydrogen) atoms. The fourth-order valence-electron chi connectivity index (χ4n) is 1.40. The van der Waals surface area contributed by atoms with Crippen molar-refractivity contribution in [3.05, 3.63) is 59.1 Å². The van der Waals surface area contributed by atoms with E-state index in [0.717, 1.165) is 16.4 Å². The molecule has 2 heteroatoms. The third-order valence-electron chi connectivity index (χ3n) is 2.27. The van der Waals surface area contributed by atoms with Crippen LogP contribution < -0.4 is 5.32 Å². The third-order valence-corrected chi connectivity index (χ3v) is 2.52. The number of hydrogen-bond acceptors (Lipinski definition) is 1. The van der Waals surface area contributed by atoms with E-state index in [-0.39, 0.29) is 0 Å². The largest absolute Gasteiger partial charge is 0.355 e. The van der Waals surface area contributed by atoms with Gasteiger partial charge in [0.1, 0.15) is 0 Å². The van der Waals surface area contributed by atoms with Gasteiger partial charge in [-0.3, -0.25) is 0 Å². The minimum atomic E-state index is 0.755. The molecule has 2 rings (SSSR count). The Bertz CT molecular complexity index is 448. The van der Waals surface area contributed by atoms with Gasteiger partial charge >= 0.3 is 0 Å². The molecule has 0 bridgehead atoms. The Kier molecular flexibility index (Phi) is 2.93. The van der Waals surface area contributed by atoms with Crippen LogP contribution in [0.1, 0.15) is 5.56 Å². The second-order valence-electron chi connectivity index (χ2n) is 3.45. The van der Waals surface area contributed by atoms with Crippen LogP contribution in [-0.4, -0.2) is 0 Å². The zero-order valence-corrected chi connectivity index (χ0v) is 9.25. The summed E-state index contributed by atoms with van der Waals surface area (Å²) in [5.74, 6) is 0. The molecular formula is C13H12ClN. The fraction of sp³-hybridized carbons (Fsp3) is 0.0769. The zero-order valence-electron chi connectivity index (χ0n) is 8.50. The van der Waals surface area contributed by atoms with Gasteiger partial charge in [0, 0.05) is 16.4 Å². The van der Waals surface area contributed by atoms with E-state index < -0.39 is 0 Å². The lowest BCUT2D eigenvalue weighted by atomic mass is 10.2. The standard InChI is InChI=1S/C13H12ClN/c1-10-4-2-3-5-13(10)15-12-8-6-11(14)7-9-12/h2-9,15H,1H3. The van der Waals surface area contributed by atoms with Crippen LogP contribution in [-0.2, 0) is 0 Å². The highest BCUT2D eigenvalue weighted by Gasteiger charge is 1.97. The SMILES string of the molecule is Cc1ccccc1Nc1ccc(Cl)cc1. The summed E-state index contributed by atoms with van der Waals surface area (Å²) in [6.07, 6.45) is 0. The van der Waals surface area contributed by atoms with E-state index in [1.165, 1.54) is 5.56 Å². The van der Waals surface area contributed by atoms with Gasteiger partial charge in [0.15, 0.2) is 0 Å². The molecule has 0 unspecified atom stereocenters. The van der Waals surface area contributed by atoms with Crippen molar-refractivity contribution < 1.29 is 0 Å². The van der Waals surface area contributed by atoms with Gasteiger partial charge < -0.3 is 5.32 Å². The van der Waals surface area contributed by atoms with Crippen molar-refractivity contribution in [2.24, 2.45) is 0 Å². The van der Waals surface area contributed by atoms with E-state index in [1.54, 1.807) is 0 Å². The normalized spacial score (nSPS) is 10.0. The van der Waals surface area contributed by atoms with E-state index in [1.807, 2.05) is 36.4 Å². The van der Waals surface area contributed by atoms with E-state index >= 15 is 0 Å². The van der Waals surface area contributed by atoms with Crippen molar-refractivity contribution >= 4 is 23.0 Å². The Morgan fingerprint density at radius 2 is 1.60 bits per heavy atom. The van der Waals surface area contributed by atoms with Crippen LogP contribution in [0.25, 0.3) is 0 Å². The van der Waals surface area contributed by atoms with Gasteiger partial charge in [-0.1, -0.05) is 29.8 Å². The second-order valence-corrected chi connectivity index (χ2v) is 3.88. The first-order valence-corrected chi connectivity index (χ1v) is 5.22. The summed E-state index contributed by atoms with van der Waals surface area (Å²) in [7, 11) is 0. The van der Waals surface area contributed by atoms with Gasteiger partial charge in [0.05, 0.1) is 0 Å². The van der Waals surface area contributed by atoms with Gasteiger partial charge in [-0.25, -0.2) is 0 Å². The van der Waals surface area contributed by atoms with Crippen molar-refractivity contribution in [1.82, 2.24) is 0 Å². The van der Waals surface area contributed by atoms with Crippen LogP contribution in [0.15, 0.2) is 48.5 Å². The monoisotopic (exact) mass is 217 g/mol. The molecule has 0 aliphatic carbocycles. The molecule has 1 N–H and O–H groups in total. The van der Waals surface area contributed by atoms with Crippen LogP contribution in [0.2, 0.25) is 5.02 Å². The average molecular weight is 218 g/mol. The summed E-state index contributed by atoms with van der Waals surface area (Å²) in [5, 5.41) is 4.10. The third kappa shape index (κ3) is 2.51. The zero-order chi connectivity index (χ0) is 10.7. The number of benzene rings is 2. The quantitative estimate of drug-likeness (QED) is 0.787. The highest BCUT2D eigenvalue weighted by molar-refractivity contribution is 6.30. The number of aryl methyl sites for hydroxylation is 1. The van der Waals surface area contributed by atoms with E-state index in [2.05, 4.69) is 24.4 Å². The maximum atomic E-state index is 5.82. The summed E-state index contributed by atoms with van der Waals surface area (Å²) in [6, 6.07) is 15.9. The van der Waals surface area contributed by atoms with Gasteiger partial charge in [-0.15, -0.1) is 0 Å².